The van der Waals surface area contributed by atoms with Crippen LogP contribution in [-0.2, 0) is 16.0 Å². The number of amides is 2. The first-order chi connectivity index (χ1) is 16.4. The van der Waals surface area contributed by atoms with Gasteiger partial charge in [-0.25, -0.2) is 5.01 Å². The first-order valence-electron chi connectivity index (χ1n) is 11.4. The SMILES string of the molecule is C=NN1C(=O)C(Cc2ccccc2Cl)=C(C)NC1C(C)C(=O)NCCN(CC)c1ccccc1. The van der Waals surface area contributed by atoms with Crippen molar-refractivity contribution in [1.82, 2.24) is 15.6 Å². The van der Waals surface area contributed by atoms with E-state index in [-0.39, 0.29) is 11.8 Å². The van der Waals surface area contributed by atoms with Gasteiger partial charge in [-0.05, 0) is 44.5 Å². The number of allylic oxidation sites excluding steroid dienone is 1. The molecule has 0 spiro atoms. The highest BCUT2D eigenvalue weighted by molar-refractivity contribution is 6.31. The normalized spacial score (nSPS) is 16.6. The summed E-state index contributed by atoms with van der Waals surface area (Å²) in [5, 5.41) is 12.1. The molecule has 34 heavy (non-hydrogen) atoms. The summed E-state index contributed by atoms with van der Waals surface area (Å²) < 4.78 is 0. The second kappa shape index (κ2) is 11.7. The number of likely N-dealkylation sites (N-methyl/N-ethyl adjacent to an activating group) is 1. The topological polar surface area (TPSA) is 77.0 Å². The molecule has 0 fully saturated rings. The Bertz CT molecular complexity index is 1060. The van der Waals surface area contributed by atoms with Crippen molar-refractivity contribution in [2.75, 3.05) is 24.5 Å². The predicted molar refractivity (Wildman–Crippen MR) is 138 cm³/mol. The average Bonchev–Trinajstić information content (AvgIpc) is 2.85. The molecule has 2 aromatic carbocycles. The van der Waals surface area contributed by atoms with Gasteiger partial charge in [0.2, 0.25) is 5.91 Å². The van der Waals surface area contributed by atoms with Crippen LogP contribution in [0.4, 0.5) is 5.69 Å². The molecular weight excluding hydrogens is 450 g/mol. The average molecular weight is 482 g/mol. The van der Waals surface area contributed by atoms with E-state index in [0.29, 0.717) is 35.8 Å². The van der Waals surface area contributed by atoms with Crippen LogP contribution in [0.25, 0.3) is 0 Å². The summed E-state index contributed by atoms with van der Waals surface area (Å²) in [7, 11) is 0. The van der Waals surface area contributed by atoms with Crippen molar-refractivity contribution in [3.8, 4) is 0 Å². The molecule has 0 saturated heterocycles. The third kappa shape index (κ3) is 5.78. The fourth-order valence-electron chi connectivity index (χ4n) is 4.05. The molecule has 8 heteroatoms. The summed E-state index contributed by atoms with van der Waals surface area (Å²) in [6.45, 7) is 11.3. The van der Waals surface area contributed by atoms with E-state index in [0.717, 1.165) is 17.8 Å². The van der Waals surface area contributed by atoms with Gasteiger partial charge in [-0.15, -0.1) is 0 Å². The van der Waals surface area contributed by atoms with Crippen LogP contribution in [0.15, 0.2) is 71.0 Å². The number of hydrogen-bond acceptors (Lipinski definition) is 5. The Morgan fingerprint density at radius 1 is 1.24 bits per heavy atom. The lowest BCUT2D eigenvalue weighted by atomic mass is 9.97. The third-order valence-corrected chi connectivity index (χ3v) is 6.46. The standard InChI is InChI=1S/C26H32ClN5O2/c1-5-31(21-12-7-6-8-13-21)16-15-29-25(33)18(2)24-30-19(3)22(26(34)32(24)28-4)17-20-11-9-10-14-23(20)27/h6-14,18,24,30H,4-5,15-17H2,1-3H3,(H,29,33). The lowest BCUT2D eigenvalue weighted by Crippen LogP contribution is -2.57. The van der Waals surface area contributed by atoms with Crippen LogP contribution in [0.3, 0.4) is 0 Å². The first kappa shape index (κ1) is 25.3. The molecule has 1 heterocycles. The number of rotatable bonds is 10. The number of anilines is 1. The molecular formula is C26H32ClN5O2. The van der Waals surface area contributed by atoms with Gasteiger partial charge >= 0.3 is 0 Å². The van der Waals surface area contributed by atoms with Crippen molar-refractivity contribution in [2.24, 2.45) is 11.0 Å². The lowest BCUT2D eigenvalue weighted by molar-refractivity contribution is -0.136. The largest absolute Gasteiger partial charge is 0.370 e. The predicted octanol–water partition coefficient (Wildman–Crippen LogP) is 3.81. The zero-order chi connectivity index (χ0) is 24.7. The van der Waals surface area contributed by atoms with Gasteiger partial charge in [0, 0.05) is 54.8 Å². The molecule has 3 rings (SSSR count). The monoisotopic (exact) mass is 481 g/mol. The zero-order valence-corrected chi connectivity index (χ0v) is 20.7. The first-order valence-corrected chi connectivity index (χ1v) is 11.8. The van der Waals surface area contributed by atoms with Gasteiger partial charge in [-0.1, -0.05) is 48.0 Å². The van der Waals surface area contributed by atoms with E-state index in [9.17, 15) is 9.59 Å². The highest BCUT2D eigenvalue weighted by atomic mass is 35.5. The minimum absolute atomic E-state index is 0.162. The van der Waals surface area contributed by atoms with Crippen molar-refractivity contribution >= 4 is 35.8 Å². The highest BCUT2D eigenvalue weighted by Crippen LogP contribution is 2.26. The number of nitrogens with one attached hydrogen (secondary N) is 2. The molecule has 2 atom stereocenters. The van der Waals surface area contributed by atoms with Crippen molar-refractivity contribution in [2.45, 2.75) is 33.4 Å². The smallest absolute Gasteiger partial charge is 0.273 e. The number of para-hydroxylation sites is 1. The van der Waals surface area contributed by atoms with E-state index in [1.54, 1.807) is 13.0 Å². The number of nitrogens with zero attached hydrogens (tertiary/aromatic N) is 3. The molecule has 0 bridgehead atoms. The Hall–Kier alpha value is -3.32. The summed E-state index contributed by atoms with van der Waals surface area (Å²) in [5.74, 6) is -0.986. The molecule has 7 nitrogen and oxygen atoms in total. The van der Waals surface area contributed by atoms with Crippen LogP contribution in [-0.4, -0.2) is 49.3 Å². The zero-order valence-electron chi connectivity index (χ0n) is 19.9. The maximum Gasteiger partial charge on any atom is 0.273 e. The molecule has 2 unspecified atom stereocenters. The summed E-state index contributed by atoms with van der Waals surface area (Å²) in [4.78, 5) is 28.4. The number of carbonyl (C=O) groups is 2. The fraction of sp³-hybridized carbons (Fsp3) is 0.346. The second-order valence-electron chi connectivity index (χ2n) is 8.25. The third-order valence-electron chi connectivity index (χ3n) is 6.10. The van der Waals surface area contributed by atoms with Gasteiger partial charge < -0.3 is 15.5 Å². The van der Waals surface area contributed by atoms with E-state index < -0.39 is 12.1 Å². The Morgan fingerprint density at radius 2 is 1.91 bits per heavy atom. The number of halogens is 1. The summed E-state index contributed by atoms with van der Waals surface area (Å²) in [6, 6.07) is 17.5. The quantitative estimate of drug-likeness (QED) is 0.506. The summed E-state index contributed by atoms with van der Waals surface area (Å²) in [6.07, 6.45) is -0.264. The van der Waals surface area contributed by atoms with E-state index in [1.165, 1.54) is 5.01 Å². The number of benzene rings is 2. The molecule has 1 aliphatic rings. The van der Waals surface area contributed by atoms with Crippen LogP contribution in [0.2, 0.25) is 5.02 Å². The van der Waals surface area contributed by atoms with Gasteiger partial charge in [0.1, 0.15) is 6.17 Å². The molecule has 0 saturated carbocycles. The van der Waals surface area contributed by atoms with Crippen LogP contribution in [0.5, 0.6) is 0 Å². The maximum atomic E-state index is 13.2. The molecule has 2 aromatic rings. The molecule has 180 valence electrons. The Kier molecular flexibility index (Phi) is 8.71. The minimum Gasteiger partial charge on any atom is -0.370 e. The maximum absolute atomic E-state index is 13.2. The van der Waals surface area contributed by atoms with Crippen molar-refractivity contribution in [3.05, 3.63) is 76.5 Å². The van der Waals surface area contributed by atoms with Gasteiger partial charge in [0.25, 0.3) is 5.91 Å². The summed E-state index contributed by atoms with van der Waals surface area (Å²) in [5.41, 5.74) is 3.21. The molecule has 0 radical (unpaired) electrons. The lowest BCUT2D eigenvalue weighted by Gasteiger charge is -2.37. The molecule has 1 aliphatic heterocycles. The van der Waals surface area contributed by atoms with Crippen molar-refractivity contribution in [3.63, 3.8) is 0 Å². The van der Waals surface area contributed by atoms with Crippen molar-refractivity contribution < 1.29 is 9.59 Å². The molecule has 2 N–H and O–H groups in total. The Morgan fingerprint density at radius 3 is 2.56 bits per heavy atom. The van der Waals surface area contributed by atoms with E-state index in [4.69, 9.17) is 11.6 Å². The van der Waals surface area contributed by atoms with E-state index >= 15 is 0 Å². The molecule has 2 amide bonds. The summed E-state index contributed by atoms with van der Waals surface area (Å²) >= 11 is 6.29. The Labute approximate surface area is 206 Å². The van der Waals surface area contributed by atoms with Crippen LogP contribution in [0, 0.1) is 5.92 Å². The molecule has 0 aromatic heterocycles. The van der Waals surface area contributed by atoms with Gasteiger partial charge in [-0.3, -0.25) is 9.59 Å². The van der Waals surface area contributed by atoms with E-state index in [1.807, 2.05) is 43.3 Å². The minimum atomic E-state index is -0.628. The number of carbonyl (C=O) groups excluding carboxylic acids is 2. The van der Waals surface area contributed by atoms with Crippen LogP contribution >= 0.6 is 11.6 Å². The molecule has 0 aliphatic carbocycles. The van der Waals surface area contributed by atoms with E-state index in [2.05, 4.69) is 46.4 Å². The highest BCUT2D eigenvalue weighted by Gasteiger charge is 2.38. The van der Waals surface area contributed by atoms with Crippen molar-refractivity contribution in [1.29, 1.82) is 0 Å². The fourth-order valence-corrected chi connectivity index (χ4v) is 4.25. The van der Waals surface area contributed by atoms with Crippen LogP contribution in [0.1, 0.15) is 26.3 Å². The van der Waals surface area contributed by atoms with Crippen LogP contribution < -0.4 is 15.5 Å². The second-order valence-corrected chi connectivity index (χ2v) is 8.65. The number of hydrazone groups is 1. The van der Waals surface area contributed by atoms with Gasteiger partial charge in [0.15, 0.2) is 0 Å². The van der Waals surface area contributed by atoms with Gasteiger partial charge in [-0.2, -0.15) is 5.10 Å². The van der Waals surface area contributed by atoms with Gasteiger partial charge in [0.05, 0.1) is 5.92 Å². The number of hydrogen-bond donors (Lipinski definition) is 2. The Balaban J connectivity index is 1.65.